The van der Waals surface area contributed by atoms with Crippen LogP contribution in [0.1, 0.15) is 37.8 Å². The van der Waals surface area contributed by atoms with E-state index in [1.165, 1.54) is 6.92 Å². The Bertz CT molecular complexity index is 1200. The number of para-hydroxylation sites is 1. The van der Waals surface area contributed by atoms with Crippen molar-refractivity contribution in [3.63, 3.8) is 0 Å². The van der Waals surface area contributed by atoms with E-state index >= 15 is 0 Å². The first-order valence-corrected chi connectivity index (χ1v) is 11.1. The number of cyclic esters (lactones) is 1. The van der Waals surface area contributed by atoms with E-state index in [0.29, 0.717) is 17.7 Å². The molecule has 4 rings (SSSR count). The lowest BCUT2D eigenvalue weighted by Gasteiger charge is -2.36. The highest BCUT2D eigenvalue weighted by Crippen LogP contribution is 2.52. The van der Waals surface area contributed by atoms with E-state index in [4.69, 9.17) is 19.9 Å². The minimum absolute atomic E-state index is 0.0178. The Balaban J connectivity index is 1.82. The summed E-state index contributed by atoms with van der Waals surface area (Å²) < 4.78 is 16.5. The van der Waals surface area contributed by atoms with Crippen LogP contribution < -0.4 is 11.1 Å². The lowest BCUT2D eigenvalue weighted by molar-refractivity contribution is -0.147. The summed E-state index contributed by atoms with van der Waals surface area (Å²) >= 11 is 0. The van der Waals surface area contributed by atoms with Gasteiger partial charge >= 0.3 is 17.9 Å². The first kappa shape index (κ1) is 23.1. The summed E-state index contributed by atoms with van der Waals surface area (Å²) in [5.41, 5.74) is 5.70. The molecule has 0 fully saturated rings. The molecule has 2 heterocycles. The maximum absolute atomic E-state index is 13.5. The maximum atomic E-state index is 13.5. The Kier molecular flexibility index (Phi) is 6.40. The molecule has 0 aliphatic carbocycles. The standard InChI is InChI=1S/C26H26N2O6/c1-3-4-14-32-24(30)21-22(27)28-19-13-9-8-12-18(19)26(21)20(16(2)34-25(26)31)23(29)33-15-17-10-6-5-7-11-17/h5-13,28H,3-4,14-15,27H2,1-2H3. The number of carbonyl (C=O) groups excluding carboxylic acids is 3. The van der Waals surface area contributed by atoms with E-state index < -0.39 is 23.3 Å². The SMILES string of the molecule is CCCCOC(=O)C1=C(N)Nc2ccccc2C12C(=O)OC(C)=C2C(=O)OCc1ccccc1. The molecule has 2 aromatic carbocycles. The number of carbonyl (C=O) groups is 3. The number of hydrogen-bond acceptors (Lipinski definition) is 8. The Hall–Kier alpha value is -4.07. The van der Waals surface area contributed by atoms with Gasteiger partial charge in [0, 0.05) is 11.3 Å². The Morgan fingerprint density at radius 1 is 1.00 bits per heavy atom. The van der Waals surface area contributed by atoms with Crippen molar-refractivity contribution < 1.29 is 28.6 Å². The van der Waals surface area contributed by atoms with Gasteiger partial charge < -0.3 is 25.3 Å². The van der Waals surface area contributed by atoms with Gasteiger partial charge in [-0.15, -0.1) is 0 Å². The van der Waals surface area contributed by atoms with Gasteiger partial charge in [0.15, 0.2) is 5.41 Å². The second-order valence-electron chi connectivity index (χ2n) is 8.08. The summed E-state index contributed by atoms with van der Waals surface area (Å²) in [6, 6.07) is 16.0. The van der Waals surface area contributed by atoms with Gasteiger partial charge in [0.25, 0.3) is 0 Å². The molecule has 8 nitrogen and oxygen atoms in total. The molecule has 176 valence electrons. The number of benzene rings is 2. The minimum atomic E-state index is -1.91. The fourth-order valence-corrected chi connectivity index (χ4v) is 4.30. The lowest BCUT2D eigenvalue weighted by atomic mass is 9.67. The van der Waals surface area contributed by atoms with Crippen molar-refractivity contribution in [1.82, 2.24) is 0 Å². The van der Waals surface area contributed by atoms with Crippen LogP contribution in [-0.4, -0.2) is 24.5 Å². The molecule has 1 atom stereocenters. The van der Waals surface area contributed by atoms with Crippen molar-refractivity contribution in [2.75, 3.05) is 11.9 Å². The molecule has 0 aromatic heterocycles. The number of esters is 3. The number of nitrogens with one attached hydrogen (secondary N) is 1. The lowest BCUT2D eigenvalue weighted by Crippen LogP contribution is -2.47. The highest BCUT2D eigenvalue weighted by molar-refractivity contribution is 6.15. The molecule has 2 aromatic rings. The third kappa shape index (κ3) is 3.81. The van der Waals surface area contributed by atoms with Crippen LogP contribution in [0.15, 0.2) is 77.3 Å². The van der Waals surface area contributed by atoms with Crippen molar-refractivity contribution in [2.45, 2.75) is 38.7 Å². The second kappa shape index (κ2) is 9.43. The fraction of sp³-hybridized carbons (Fsp3) is 0.269. The second-order valence-corrected chi connectivity index (χ2v) is 8.08. The monoisotopic (exact) mass is 462 g/mol. The molecule has 8 heteroatoms. The van der Waals surface area contributed by atoms with Crippen LogP contribution in [0.25, 0.3) is 0 Å². The highest BCUT2D eigenvalue weighted by Gasteiger charge is 2.62. The highest BCUT2D eigenvalue weighted by atomic mass is 16.6. The number of fused-ring (bicyclic) bond motifs is 2. The van der Waals surface area contributed by atoms with Gasteiger partial charge in [-0.05, 0) is 25.0 Å². The van der Waals surface area contributed by atoms with E-state index in [1.807, 2.05) is 37.3 Å². The Labute approximate surface area is 197 Å². The minimum Gasteiger partial charge on any atom is -0.462 e. The molecule has 2 aliphatic heterocycles. The summed E-state index contributed by atoms with van der Waals surface area (Å²) in [6.45, 7) is 3.58. The van der Waals surface area contributed by atoms with Gasteiger partial charge in [-0.2, -0.15) is 0 Å². The van der Waals surface area contributed by atoms with Gasteiger partial charge in [0.1, 0.15) is 29.3 Å². The molecule has 3 N–H and O–H groups in total. The van der Waals surface area contributed by atoms with Gasteiger partial charge in [-0.3, -0.25) is 0 Å². The third-order valence-corrected chi connectivity index (χ3v) is 5.88. The molecule has 2 aliphatic rings. The summed E-state index contributed by atoms with van der Waals surface area (Å²) in [5, 5.41) is 2.96. The van der Waals surface area contributed by atoms with E-state index in [2.05, 4.69) is 5.32 Å². The average molecular weight is 463 g/mol. The smallest absolute Gasteiger partial charge is 0.339 e. The van der Waals surface area contributed by atoms with Gasteiger partial charge in [-0.1, -0.05) is 61.9 Å². The molecule has 1 unspecified atom stereocenters. The van der Waals surface area contributed by atoms with E-state index in [1.54, 1.807) is 24.3 Å². The normalized spacial score (nSPS) is 18.9. The molecule has 34 heavy (non-hydrogen) atoms. The first-order chi connectivity index (χ1) is 16.4. The van der Waals surface area contributed by atoms with Crippen LogP contribution in [0, 0.1) is 0 Å². The van der Waals surface area contributed by atoms with Crippen molar-refractivity contribution >= 4 is 23.6 Å². The van der Waals surface area contributed by atoms with Crippen LogP contribution >= 0.6 is 0 Å². The van der Waals surface area contributed by atoms with E-state index in [0.717, 1.165) is 12.0 Å². The van der Waals surface area contributed by atoms with Crippen LogP contribution in [0.4, 0.5) is 5.69 Å². The quantitative estimate of drug-likeness (QED) is 0.365. The molecule has 0 amide bonds. The van der Waals surface area contributed by atoms with Gasteiger partial charge in [0.05, 0.1) is 6.61 Å². The van der Waals surface area contributed by atoms with Crippen LogP contribution in [0.2, 0.25) is 0 Å². The first-order valence-electron chi connectivity index (χ1n) is 11.1. The summed E-state index contributed by atoms with van der Waals surface area (Å²) in [6.07, 6.45) is 1.45. The molecule has 0 bridgehead atoms. The topological polar surface area (TPSA) is 117 Å². The molecule has 0 saturated heterocycles. The average Bonchev–Trinajstić information content (AvgIpc) is 3.08. The predicted molar refractivity (Wildman–Crippen MR) is 124 cm³/mol. The number of rotatable bonds is 7. The number of hydrogen-bond donors (Lipinski definition) is 2. The number of ether oxygens (including phenoxy) is 3. The van der Waals surface area contributed by atoms with Crippen LogP contribution in [0.3, 0.4) is 0 Å². The molecular weight excluding hydrogens is 436 g/mol. The third-order valence-electron chi connectivity index (χ3n) is 5.88. The zero-order valence-electron chi connectivity index (χ0n) is 19.1. The number of allylic oxidation sites excluding steroid dienone is 1. The fourth-order valence-electron chi connectivity index (χ4n) is 4.30. The largest absolute Gasteiger partial charge is 0.462 e. The number of nitrogens with two attached hydrogens (primary N) is 1. The number of unbranched alkanes of at least 4 members (excludes halogenated alkanes) is 1. The molecule has 0 saturated carbocycles. The molecular formula is C26H26N2O6. The van der Waals surface area contributed by atoms with Crippen molar-refractivity contribution in [3.8, 4) is 0 Å². The van der Waals surface area contributed by atoms with E-state index in [-0.39, 0.29) is 35.9 Å². The van der Waals surface area contributed by atoms with Crippen LogP contribution in [-0.2, 0) is 40.6 Å². The van der Waals surface area contributed by atoms with Crippen molar-refractivity contribution in [3.05, 3.63) is 88.5 Å². The molecule has 0 radical (unpaired) electrons. The zero-order chi connectivity index (χ0) is 24.3. The summed E-state index contributed by atoms with van der Waals surface area (Å²) in [4.78, 5) is 40.2. The summed E-state index contributed by atoms with van der Waals surface area (Å²) in [5.74, 6) is -2.42. The number of anilines is 1. The van der Waals surface area contributed by atoms with Crippen LogP contribution in [0.5, 0.6) is 0 Å². The Morgan fingerprint density at radius 2 is 1.68 bits per heavy atom. The maximum Gasteiger partial charge on any atom is 0.339 e. The Morgan fingerprint density at radius 3 is 2.41 bits per heavy atom. The predicted octanol–water partition coefficient (Wildman–Crippen LogP) is 3.44. The van der Waals surface area contributed by atoms with Crippen molar-refractivity contribution in [2.24, 2.45) is 5.73 Å². The van der Waals surface area contributed by atoms with E-state index in [9.17, 15) is 14.4 Å². The van der Waals surface area contributed by atoms with Gasteiger partial charge in [-0.25, -0.2) is 14.4 Å². The molecule has 1 spiro atoms. The zero-order valence-corrected chi connectivity index (χ0v) is 19.1. The van der Waals surface area contributed by atoms with Gasteiger partial charge in [0.2, 0.25) is 0 Å². The van der Waals surface area contributed by atoms with Crippen molar-refractivity contribution in [1.29, 1.82) is 0 Å². The summed E-state index contributed by atoms with van der Waals surface area (Å²) in [7, 11) is 0.